The summed E-state index contributed by atoms with van der Waals surface area (Å²) in [5.74, 6) is -2.01. The lowest BCUT2D eigenvalue weighted by Crippen LogP contribution is -2.34. The normalized spacial score (nSPS) is 10.3. The van der Waals surface area contributed by atoms with Crippen molar-refractivity contribution in [1.29, 1.82) is 0 Å². The van der Waals surface area contributed by atoms with E-state index in [1.807, 2.05) is 5.32 Å². The number of rotatable bonds is 4. The van der Waals surface area contributed by atoms with Gasteiger partial charge < -0.3 is 9.47 Å². The molecule has 1 aromatic carbocycles. The molecule has 0 saturated carbocycles. The van der Waals surface area contributed by atoms with Crippen molar-refractivity contribution in [2.75, 3.05) is 13.2 Å². The zero-order valence-electron chi connectivity index (χ0n) is 13.1. The van der Waals surface area contributed by atoms with E-state index in [9.17, 15) is 18.8 Å². The molecule has 126 valence electrons. The van der Waals surface area contributed by atoms with Crippen LogP contribution in [0, 0.1) is 12.7 Å². The standard InChI is InChI=1S/C16H15FN2O5/c1-3-23-16(22)19-14(20)8-24-15(21)12-6-10-4-5-11(17)7-13(10)18-9(12)2/h4-7H,3,8H2,1-2H3,(H,19,20,22). The van der Waals surface area contributed by atoms with Crippen molar-refractivity contribution in [2.24, 2.45) is 0 Å². The summed E-state index contributed by atoms with van der Waals surface area (Å²) >= 11 is 0. The van der Waals surface area contributed by atoms with Gasteiger partial charge in [-0.25, -0.2) is 14.0 Å². The summed E-state index contributed by atoms with van der Waals surface area (Å²) in [7, 11) is 0. The van der Waals surface area contributed by atoms with Crippen molar-refractivity contribution in [3.8, 4) is 0 Å². The Labute approximate surface area is 136 Å². The van der Waals surface area contributed by atoms with Crippen LogP contribution >= 0.6 is 0 Å². The molecular weight excluding hydrogens is 319 g/mol. The van der Waals surface area contributed by atoms with Crippen molar-refractivity contribution in [3.63, 3.8) is 0 Å². The van der Waals surface area contributed by atoms with Gasteiger partial charge in [-0.15, -0.1) is 0 Å². The van der Waals surface area contributed by atoms with E-state index < -0.39 is 30.4 Å². The third-order valence-corrected chi connectivity index (χ3v) is 3.04. The Balaban J connectivity index is 2.06. The highest BCUT2D eigenvalue weighted by Gasteiger charge is 2.16. The van der Waals surface area contributed by atoms with Gasteiger partial charge in [0.25, 0.3) is 5.91 Å². The quantitative estimate of drug-likeness (QED) is 0.861. The number of nitrogens with one attached hydrogen (secondary N) is 1. The number of carbonyl (C=O) groups excluding carboxylic acids is 3. The Hall–Kier alpha value is -3.03. The van der Waals surface area contributed by atoms with Gasteiger partial charge in [0.05, 0.1) is 23.4 Å². The Bertz CT molecular complexity index is 806. The van der Waals surface area contributed by atoms with Crippen LogP contribution in [0.4, 0.5) is 9.18 Å². The second-order valence-electron chi connectivity index (χ2n) is 4.80. The van der Waals surface area contributed by atoms with Crippen molar-refractivity contribution >= 4 is 28.9 Å². The number of ether oxygens (including phenoxy) is 2. The molecule has 2 aromatic rings. The molecule has 0 bridgehead atoms. The van der Waals surface area contributed by atoms with Gasteiger partial charge in [0.1, 0.15) is 5.82 Å². The van der Waals surface area contributed by atoms with Gasteiger partial charge in [-0.2, -0.15) is 0 Å². The predicted octanol–water partition coefficient (Wildman–Crippen LogP) is 2.11. The number of imide groups is 1. The number of benzene rings is 1. The zero-order chi connectivity index (χ0) is 17.7. The minimum atomic E-state index is -0.913. The minimum absolute atomic E-state index is 0.113. The molecule has 0 saturated heterocycles. The maximum Gasteiger partial charge on any atom is 0.413 e. The van der Waals surface area contributed by atoms with E-state index in [1.54, 1.807) is 13.8 Å². The van der Waals surface area contributed by atoms with Crippen molar-refractivity contribution in [2.45, 2.75) is 13.8 Å². The number of esters is 1. The number of pyridine rings is 1. The molecule has 0 spiro atoms. The first-order valence-corrected chi connectivity index (χ1v) is 7.11. The highest BCUT2D eigenvalue weighted by Crippen LogP contribution is 2.18. The molecule has 8 heteroatoms. The molecule has 24 heavy (non-hydrogen) atoms. The molecule has 0 unspecified atom stereocenters. The molecule has 0 aliphatic carbocycles. The number of hydrogen-bond acceptors (Lipinski definition) is 6. The average molecular weight is 334 g/mol. The summed E-state index contributed by atoms with van der Waals surface area (Å²) in [5.41, 5.74) is 0.894. The Morgan fingerprint density at radius 1 is 1.21 bits per heavy atom. The van der Waals surface area contributed by atoms with Gasteiger partial charge in [-0.3, -0.25) is 15.1 Å². The Kier molecular flexibility index (Phi) is 5.41. The smallest absolute Gasteiger partial charge is 0.413 e. The maximum atomic E-state index is 13.2. The number of fused-ring (bicyclic) bond motifs is 1. The molecule has 2 amide bonds. The van der Waals surface area contributed by atoms with E-state index >= 15 is 0 Å². The van der Waals surface area contributed by atoms with Crippen molar-refractivity contribution in [3.05, 3.63) is 41.3 Å². The highest BCUT2D eigenvalue weighted by atomic mass is 19.1. The third kappa shape index (κ3) is 4.25. The Morgan fingerprint density at radius 3 is 2.67 bits per heavy atom. The predicted molar refractivity (Wildman–Crippen MR) is 81.9 cm³/mol. The molecule has 7 nitrogen and oxygen atoms in total. The summed E-state index contributed by atoms with van der Waals surface area (Å²) in [4.78, 5) is 38.7. The van der Waals surface area contributed by atoms with E-state index in [4.69, 9.17) is 4.74 Å². The molecule has 1 N–H and O–H groups in total. The highest BCUT2D eigenvalue weighted by molar-refractivity contribution is 5.97. The lowest BCUT2D eigenvalue weighted by atomic mass is 10.1. The van der Waals surface area contributed by atoms with E-state index in [0.29, 0.717) is 16.6 Å². The van der Waals surface area contributed by atoms with Crippen LogP contribution in [-0.4, -0.2) is 36.2 Å². The second kappa shape index (κ2) is 7.49. The molecule has 0 aliphatic rings. The van der Waals surface area contributed by atoms with Gasteiger partial charge in [0.2, 0.25) is 0 Å². The molecule has 0 aliphatic heterocycles. The lowest BCUT2D eigenvalue weighted by molar-refractivity contribution is -0.123. The molecular formula is C16H15FN2O5. The Morgan fingerprint density at radius 2 is 1.96 bits per heavy atom. The summed E-state index contributed by atoms with van der Waals surface area (Å²) in [6, 6.07) is 5.50. The number of nitrogens with zero attached hydrogens (tertiary/aromatic N) is 1. The fourth-order valence-electron chi connectivity index (χ4n) is 1.97. The largest absolute Gasteiger partial charge is 0.452 e. The number of carbonyl (C=O) groups is 3. The fraction of sp³-hybridized carbons (Fsp3) is 0.250. The van der Waals surface area contributed by atoms with Crippen LogP contribution in [0.1, 0.15) is 23.0 Å². The monoisotopic (exact) mass is 334 g/mol. The van der Waals surface area contributed by atoms with Crippen molar-refractivity contribution < 1.29 is 28.2 Å². The van der Waals surface area contributed by atoms with Crippen LogP contribution in [0.2, 0.25) is 0 Å². The number of aryl methyl sites for hydroxylation is 1. The number of amides is 2. The van der Waals surface area contributed by atoms with Gasteiger partial charge >= 0.3 is 12.1 Å². The number of aromatic nitrogens is 1. The third-order valence-electron chi connectivity index (χ3n) is 3.04. The zero-order valence-corrected chi connectivity index (χ0v) is 13.1. The molecule has 1 heterocycles. The minimum Gasteiger partial charge on any atom is -0.452 e. The van der Waals surface area contributed by atoms with Crippen LogP contribution in [0.3, 0.4) is 0 Å². The van der Waals surface area contributed by atoms with Gasteiger partial charge in [0.15, 0.2) is 6.61 Å². The summed E-state index contributed by atoms with van der Waals surface area (Å²) in [6.07, 6.45) is -0.913. The van der Waals surface area contributed by atoms with Crippen LogP contribution in [-0.2, 0) is 14.3 Å². The molecule has 0 fully saturated rings. The van der Waals surface area contributed by atoms with Crippen LogP contribution < -0.4 is 5.32 Å². The average Bonchev–Trinajstić information content (AvgIpc) is 2.52. The molecule has 1 aromatic heterocycles. The number of alkyl carbamates (subject to hydrolysis) is 1. The van der Waals surface area contributed by atoms with Crippen LogP contribution in [0.25, 0.3) is 10.9 Å². The summed E-state index contributed by atoms with van der Waals surface area (Å²) in [6.45, 7) is 2.63. The van der Waals surface area contributed by atoms with E-state index in [1.165, 1.54) is 24.3 Å². The summed E-state index contributed by atoms with van der Waals surface area (Å²) in [5, 5.41) is 2.46. The maximum absolute atomic E-state index is 13.2. The van der Waals surface area contributed by atoms with Crippen LogP contribution in [0.5, 0.6) is 0 Å². The number of halogens is 1. The van der Waals surface area contributed by atoms with Crippen molar-refractivity contribution in [1.82, 2.24) is 10.3 Å². The SMILES string of the molecule is CCOC(=O)NC(=O)COC(=O)c1cc2ccc(F)cc2nc1C. The van der Waals surface area contributed by atoms with Crippen LogP contribution in [0.15, 0.2) is 24.3 Å². The van der Waals surface area contributed by atoms with Gasteiger partial charge in [0, 0.05) is 11.5 Å². The molecule has 2 rings (SSSR count). The first kappa shape index (κ1) is 17.3. The topological polar surface area (TPSA) is 94.6 Å². The van der Waals surface area contributed by atoms with E-state index in [0.717, 1.165) is 0 Å². The lowest BCUT2D eigenvalue weighted by Gasteiger charge is -2.08. The number of hydrogen-bond donors (Lipinski definition) is 1. The molecule has 0 atom stereocenters. The first-order valence-electron chi connectivity index (χ1n) is 7.11. The van der Waals surface area contributed by atoms with Gasteiger partial charge in [-0.1, -0.05) is 0 Å². The molecule has 0 radical (unpaired) electrons. The second-order valence-corrected chi connectivity index (χ2v) is 4.80. The van der Waals surface area contributed by atoms with E-state index in [2.05, 4.69) is 9.72 Å². The fourth-order valence-corrected chi connectivity index (χ4v) is 1.97. The van der Waals surface area contributed by atoms with E-state index in [-0.39, 0.29) is 12.2 Å². The first-order chi connectivity index (χ1) is 11.4. The van der Waals surface area contributed by atoms with Gasteiger partial charge in [-0.05, 0) is 32.0 Å². The summed E-state index contributed by atoms with van der Waals surface area (Å²) < 4.78 is 22.6.